The van der Waals surface area contributed by atoms with E-state index in [0.717, 1.165) is 29.8 Å². The van der Waals surface area contributed by atoms with Gasteiger partial charge in [0.2, 0.25) is 0 Å². The lowest BCUT2D eigenvalue weighted by Gasteiger charge is -2.03. The number of aromatic nitrogens is 5. The maximum Gasteiger partial charge on any atom is 0.346 e. The van der Waals surface area contributed by atoms with Gasteiger partial charge in [-0.25, -0.2) is 14.5 Å². The van der Waals surface area contributed by atoms with Crippen LogP contribution < -0.4 is 5.69 Å². The van der Waals surface area contributed by atoms with Crippen molar-refractivity contribution >= 4 is 11.6 Å². The molecule has 1 aliphatic carbocycles. The van der Waals surface area contributed by atoms with E-state index in [1.807, 2.05) is 31.2 Å². The Hall–Kier alpha value is -2.34. The van der Waals surface area contributed by atoms with Gasteiger partial charge in [0.25, 0.3) is 0 Å². The largest absolute Gasteiger partial charge is 0.348 e. The molecule has 1 saturated carbocycles. The van der Waals surface area contributed by atoms with Gasteiger partial charge < -0.3 is 4.98 Å². The van der Waals surface area contributed by atoms with Crippen molar-refractivity contribution in [3.05, 3.63) is 57.5 Å². The molecule has 4 rings (SSSR count). The van der Waals surface area contributed by atoms with Gasteiger partial charge in [0, 0.05) is 22.3 Å². The molecule has 0 aliphatic heterocycles. The smallest absolute Gasteiger partial charge is 0.346 e. The summed E-state index contributed by atoms with van der Waals surface area (Å²) in [4.78, 5) is 20.0. The molecular formula is C16H16ClN5O. The Balaban J connectivity index is 1.80. The van der Waals surface area contributed by atoms with Gasteiger partial charge >= 0.3 is 5.69 Å². The molecule has 2 heterocycles. The van der Waals surface area contributed by atoms with Gasteiger partial charge in [0.15, 0.2) is 5.82 Å². The highest BCUT2D eigenvalue weighted by molar-refractivity contribution is 6.30. The van der Waals surface area contributed by atoms with Gasteiger partial charge in [-0.1, -0.05) is 11.6 Å². The molecule has 23 heavy (non-hydrogen) atoms. The number of H-pyrrole nitrogens is 1. The number of aromatic amines is 1. The predicted octanol–water partition coefficient (Wildman–Crippen LogP) is 2.78. The van der Waals surface area contributed by atoms with Crippen molar-refractivity contribution in [2.75, 3.05) is 0 Å². The summed E-state index contributed by atoms with van der Waals surface area (Å²) in [6.07, 6.45) is 3.68. The van der Waals surface area contributed by atoms with Crippen LogP contribution in [0.25, 0.3) is 11.4 Å². The second-order valence-electron chi connectivity index (χ2n) is 5.85. The Kier molecular flexibility index (Phi) is 3.34. The highest BCUT2D eigenvalue weighted by atomic mass is 35.5. The SMILES string of the molecule is Cc1[nH]cnc1Cn1nc(-c2ccc(Cl)cc2)n(C2CC2)c1=O. The van der Waals surface area contributed by atoms with Crippen LogP contribution in [0, 0.1) is 6.92 Å². The molecule has 0 atom stereocenters. The first-order valence-electron chi connectivity index (χ1n) is 7.57. The summed E-state index contributed by atoms with van der Waals surface area (Å²) in [7, 11) is 0. The van der Waals surface area contributed by atoms with Crippen LogP contribution in [0.2, 0.25) is 5.02 Å². The normalized spacial score (nSPS) is 14.3. The number of hydrogen-bond acceptors (Lipinski definition) is 3. The highest BCUT2D eigenvalue weighted by Crippen LogP contribution is 2.36. The van der Waals surface area contributed by atoms with Crippen LogP contribution in [0.5, 0.6) is 0 Å². The first kappa shape index (κ1) is 14.3. The van der Waals surface area contributed by atoms with E-state index in [1.165, 1.54) is 4.68 Å². The lowest BCUT2D eigenvalue weighted by Crippen LogP contribution is -2.25. The summed E-state index contributed by atoms with van der Waals surface area (Å²) in [5.74, 6) is 0.697. The Morgan fingerprint density at radius 3 is 2.65 bits per heavy atom. The van der Waals surface area contributed by atoms with Gasteiger partial charge in [0.05, 0.1) is 18.6 Å². The molecule has 0 saturated heterocycles. The van der Waals surface area contributed by atoms with Crippen molar-refractivity contribution in [2.45, 2.75) is 32.4 Å². The third kappa shape index (κ3) is 2.59. The zero-order valence-electron chi connectivity index (χ0n) is 12.7. The summed E-state index contributed by atoms with van der Waals surface area (Å²) in [6.45, 7) is 2.31. The number of aryl methyl sites for hydroxylation is 1. The topological polar surface area (TPSA) is 68.5 Å². The molecule has 3 aromatic rings. The van der Waals surface area contributed by atoms with Gasteiger partial charge in [0.1, 0.15) is 0 Å². The molecule has 1 N–H and O–H groups in total. The van der Waals surface area contributed by atoms with Gasteiger partial charge in [-0.15, -0.1) is 5.10 Å². The molecule has 1 aromatic carbocycles. The van der Waals surface area contributed by atoms with E-state index in [2.05, 4.69) is 15.1 Å². The van der Waals surface area contributed by atoms with Crippen molar-refractivity contribution in [3.63, 3.8) is 0 Å². The van der Waals surface area contributed by atoms with Crippen LogP contribution in [0.3, 0.4) is 0 Å². The second kappa shape index (κ2) is 5.38. The summed E-state index contributed by atoms with van der Waals surface area (Å²) in [5, 5.41) is 5.22. The van der Waals surface area contributed by atoms with Crippen LogP contribution in [-0.4, -0.2) is 24.3 Å². The highest BCUT2D eigenvalue weighted by Gasteiger charge is 2.30. The van der Waals surface area contributed by atoms with Crippen molar-refractivity contribution in [1.82, 2.24) is 24.3 Å². The maximum atomic E-state index is 12.7. The van der Waals surface area contributed by atoms with E-state index in [4.69, 9.17) is 11.6 Å². The molecule has 0 spiro atoms. The molecule has 2 aromatic heterocycles. The fourth-order valence-electron chi connectivity index (χ4n) is 2.67. The molecule has 0 unspecified atom stereocenters. The molecule has 6 nitrogen and oxygen atoms in total. The number of imidazole rings is 1. The van der Waals surface area contributed by atoms with E-state index >= 15 is 0 Å². The zero-order valence-corrected chi connectivity index (χ0v) is 13.4. The first-order valence-corrected chi connectivity index (χ1v) is 7.95. The lowest BCUT2D eigenvalue weighted by atomic mass is 10.2. The molecule has 7 heteroatoms. The minimum absolute atomic E-state index is 0.0835. The van der Waals surface area contributed by atoms with E-state index < -0.39 is 0 Å². The monoisotopic (exact) mass is 329 g/mol. The molecular weight excluding hydrogens is 314 g/mol. The van der Waals surface area contributed by atoms with Gasteiger partial charge in [-0.05, 0) is 44.0 Å². The third-order valence-corrected chi connectivity index (χ3v) is 4.37. The van der Waals surface area contributed by atoms with Gasteiger partial charge in [-0.3, -0.25) is 4.57 Å². The molecule has 118 valence electrons. The Bertz CT molecular complexity index is 901. The Morgan fingerprint density at radius 2 is 2.04 bits per heavy atom. The average Bonchev–Trinajstić information content (AvgIpc) is 3.22. The molecule has 0 amide bonds. The minimum Gasteiger partial charge on any atom is -0.348 e. The summed E-state index contributed by atoms with van der Waals surface area (Å²) in [6, 6.07) is 7.67. The summed E-state index contributed by atoms with van der Waals surface area (Å²) >= 11 is 5.96. The average molecular weight is 330 g/mol. The second-order valence-corrected chi connectivity index (χ2v) is 6.28. The van der Waals surface area contributed by atoms with Crippen molar-refractivity contribution in [3.8, 4) is 11.4 Å². The Morgan fingerprint density at radius 1 is 1.30 bits per heavy atom. The van der Waals surface area contributed by atoms with Crippen molar-refractivity contribution < 1.29 is 0 Å². The van der Waals surface area contributed by atoms with E-state index in [1.54, 1.807) is 10.9 Å². The van der Waals surface area contributed by atoms with Crippen LogP contribution in [0.4, 0.5) is 0 Å². The number of hydrogen-bond donors (Lipinski definition) is 1. The minimum atomic E-state index is -0.0835. The van der Waals surface area contributed by atoms with E-state index in [9.17, 15) is 4.79 Å². The van der Waals surface area contributed by atoms with Crippen molar-refractivity contribution in [1.29, 1.82) is 0 Å². The lowest BCUT2D eigenvalue weighted by molar-refractivity contribution is 0.617. The maximum absolute atomic E-state index is 12.7. The van der Waals surface area contributed by atoms with Crippen LogP contribution in [0.1, 0.15) is 30.3 Å². The Labute approximate surface area is 137 Å². The summed E-state index contributed by atoms with van der Waals surface area (Å²) in [5.41, 5.74) is 2.59. The number of nitrogens with one attached hydrogen (secondary N) is 1. The van der Waals surface area contributed by atoms with Crippen LogP contribution in [-0.2, 0) is 6.54 Å². The fourth-order valence-corrected chi connectivity index (χ4v) is 2.80. The zero-order chi connectivity index (χ0) is 16.0. The van der Waals surface area contributed by atoms with E-state index in [0.29, 0.717) is 17.4 Å². The molecule has 1 aliphatic rings. The molecule has 0 radical (unpaired) electrons. The predicted molar refractivity (Wildman–Crippen MR) is 87.6 cm³/mol. The fraction of sp³-hybridized carbons (Fsp3) is 0.312. The number of nitrogens with zero attached hydrogens (tertiary/aromatic N) is 4. The van der Waals surface area contributed by atoms with Gasteiger partial charge in [-0.2, -0.15) is 0 Å². The van der Waals surface area contributed by atoms with Crippen LogP contribution >= 0.6 is 11.6 Å². The standard InChI is InChI=1S/C16H16ClN5O/c1-10-14(19-9-18-10)8-21-16(23)22(13-6-7-13)15(20-21)11-2-4-12(17)5-3-11/h2-5,9,13H,6-8H2,1H3,(H,18,19). The molecule has 0 bridgehead atoms. The third-order valence-electron chi connectivity index (χ3n) is 4.12. The molecule has 1 fully saturated rings. The van der Waals surface area contributed by atoms with E-state index in [-0.39, 0.29) is 11.7 Å². The number of halogens is 1. The van der Waals surface area contributed by atoms with Crippen molar-refractivity contribution in [2.24, 2.45) is 0 Å². The first-order chi connectivity index (χ1) is 11.1. The van der Waals surface area contributed by atoms with Crippen LogP contribution in [0.15, 0.2) is 35.4 Å². The number of rotatable bonds is 4. The summed E-state index contributed by atoms with van der Waals surface area (Å²) < 4.78 is 3.29. The quantitative estimate of drug-likeness (QED) is 0.800. The number of benzene rings is 1.